The van der Waals surface area contributed by atoms with Crippen molar-refractivity contribution in [1.29, 1.82) is 0 Å². The third-order valence-electron chi connectivity index (χ3n) is 6.35. The molecule has 1 aromatic rings. The fraction of sp³-hybridized carbons (Fsp3) is 0.680. The number of nitrogens with zero attached hydrogens (tertiary/aromatic N) is 1. The smallest absolute Gasteiger partial charge is 0.254 e. The van der Waals surface area contributed by atoms with Crippen molar-refractivity contribution in [2.24, 2.45) is 5.41 Å². The van der Waals surface area contributed by atoms with Crippen LogP contribution in [-0.2, 0) is 11.2 Å². The van der Waals surface area contributed by atoms with Crippen molar-refractivity contribution in [1.82, 2.24) is 15.6 Å². The van der Waals surface area contributed by atoms with Gasteiger partial charge in [0.2, 0.25) is 5.88 Å². The highest BCUT2D eigenvalue weighted by atomic mass is 19.1. The number of amides is 1. The Morgan fingerprint density at radius 3 is 2.75 bits per heavy atom. The first-order valence-corrected chi connectivity index (χ1v) is 11.7. The Morgan fingerprint density at radius 2 is 2.19 bits per heavy atom. The Kier molecular flexibility index (Phi) is 7.61. The van der Waals surface area contributed by atoms with Gasteiger partial charge < -0.3 is 20.5 Å². The number of ether oxygens (including phenoxy) is 1. The van der Waals surface area contributed by atoms with E-state index in [0.29, 0.717) is 12.3 Å². The number of fused-ring (bicyclic) bond motifs is 1. The Balaban J connectivity index is 1.75. The highest BCUT2D eigenvalue weighted by Gasteiger charge is 2.46. The van der Waals surface area contributed by atoms with Crippen molar-refractivity contribution in [3.8, 4) is 5.88 Å². The van der Waals surface area contributed by atoms with Crippen LogP contribution in [0.5, 0.6) is 5.88 Å². The van der Waals surface area contributed by atoms with Gasteiger partial charge in [0.1, 0.15) is 5.60 Å². The zero-order valence-electron chi connectivity index (χ0n) is 19.8. The van der Waals surface area contributed by atoms with E-state index in [1.54, 1.807) is 6.08 Å². The first-order valence-electron chi connectivity index (χ1n) is 11.7. The fourth-order valence-electron chi connectivity index (χ4n) is 4.54. The normalized spacial score (nSPS) is 22.1. The summed E-state index contributed by atoms with van der Waals surface area (Å²) in [6, 6.07) is 1.55. The van der Waals surface area contributed by atoms with Crippen molar-refractivity contribution in [3.05, 3.63) is 36.0 Å². The van der Waals surface area contributed by atoms with Gasteiger partial charge in [-0.05, 0) is 56.1 Å². The monoisotopic (exact) mass is 447 g/mol. The van der Waals surface area contributed by atoms with Crippen LogP contribution in [0.15, 0.2) is 24.9 Å². The van der Waals surface area contributed by atoms with Crippen molar-refractivity contribution >= 4 is 5.91 Å². The lowest BCUT2D eigenvalue weighted by molar-refractivity contribution is -0.126. The van der Waals surface area contributed by atoms with E-state index in [0.717, 1.165) is 43.2 Å². The van der Waals surface area contributed by atoms with Gasteiger partial charge in [0, 0.05) is 30.8 Å². The van der Waals surface area contributed by atoms with Crippen LogP contribution in [0.3, 0.4) is 0 Å². The van der Waals surface area contributed by atoms with E-state index in [9.17, 15) is 14.3 Å². The Morgan fingerprint density at radius 1 is 1.47 bits per heavy atom. The van der Waals surface area contributed by atoms with Crippen molar-refractivity contribution in [3.63, 3.8) is 0 Å². The van der Waals surface area contributed by atoms with E-state index < -0.39 is 24.2 Å². The molecule has 178 valence electrons. The number of alkyl halides is 1. The van der Waals surface area contributed by atoms with E-state index in [2.05, 4.69) is 49.0 Å². The molecule has 3 rings (SSSR count). The quantitative estimate of drug-likeness (QED) is 0.502. The predicted octanol–water partition coefficient (Wildman–Crippen LogP) is 3.79. The van der Waals surface area contributed by atoms with Crippen molar-refractivity contribution in [2.75, 3.05) is 6.54 Å². The van der Waals surface area contributed by atoms with Gasteiger partial charge in [-0.1, -0.05) is 26.8 Å². The number of carbonyl (C=O) groups excluding carboxylic acids is 1. The van der Waals surface area contributed by atoms with Crippen LogP contribution in [0, 0.1) is 5.41 Å². The van der Waals surface area contributed by atoms with Crippen LogP contribution < -0.4 is 15.4 Å². The summed E-state index contributed by atoms with van der Waals surface area (Å²) in [7, 11) is 0. The van der Waals surface area contributed by atoms with Crippen molar-refractivity contribution in [2.45, 2.75) is 96.2 Å². The minimum atomic E-state index is -1.63. The second kappa shape index (κ2) is 9.87. The number of rotatable bonds is 9. The zero-order valence-corrected chi connectivity index (χ0v) is 19.8. The van der Waals surface area contributed by atoms with Crippen molar-refractivity contribution < 1.29 is 19.0 Å². The fourth-order valence-corrected chi connectivity index (χ4v) is 4.54. The van der Waals surface area contributed by atoms with Crippen LogP contribution in [0.25, 0.3) is 0 Å². The molecule has 32 heavy (non-hydrogen) atoms. The number of nitrogens with one attached hydrogen (secondary N) is 2. The number of hydrogen-bond donors (Lipinski definition) is 3. The van der Waals surface area contributed by atoms with E-state index in [4.69, 9.17) is 4.74 Å². The minimum absolute atomic E-state index is 0.0127. The molecule has 2 aliphatic rings. The molecule has 1 aliphatic carbocycles. The van der Waals surface area contributed by atoms with Gasteiger partial charge >= 0.3 is 0 Å². The molecule has 1 amide bonds. The van der Waals surface area contributed by atoms with Gasteiger partial charge in [-0.2, -0.15) is 0 Å². The molecule has 4 atom stereocenters. The molecule has 6 nitrogen and oxygen atoms in total. The highest BCUT2D eigenvalue weighted by molar-refractivity contribution is 5.80. The maximum Gasteiger partial charge on any atom is 0.254 e. The van der Waals surface area contributed by atoms with E-state index in [-0.39, 0.29) is 23.6 Å². The average molecular weight is 448 g/mol. The molecule has 1 fully saturated rings. The second-order valence-corrected chi connectivity index (χ2v) is 10.6. The number of aromatic nitrogens is 1. The third kappa shape index (κ3) is 6.07. The van der Waals surface area contributed by atoms with Crippen LogP contribution >= 0.6 is 0 Å². The van der Waals surface area contributed by atoms with Gasteiger partial charge in [-0.25, -0.2) is 9.37 Å². The predicted molar refractivity (Wildman–Crippen MR) is 123 cm³/mol. The molecule has 2 heterocycles. The summed E-state index contributed by atoms with van der Waals surface area (Å²) in [5.74, 6) is -0.0560. The number of carbonyl (C=O) groups is 1. The highest BCUT2D eigenvalue weighted by Crippen LogP contribution is 2.48. The summed E-state index contributed by atoms with van der Waals surface area (Å²) in [5.41, 5.74) is 2.12. The van der Waals surface area contributed by atoms with E-state index in [1.807, 2.05) is 6.20 Å². The molecule has 1 aliphatic heterocycles. The lowest BCUT2D eigenvalue weighted by Crippen LogP contribution is -2.52. The summed E-state index contributed by atoms with van der Waals surface area (Å²) in [5, 5.41) is 16.8. The molecule has 1 aromatic heterocycles. The topological polar surface area (TPSA) is 83.5 Å². The SMILES string of the molecule is C=CC[C@H](NC(=O)[C@@H](C)F)[C@H](O)CN[C@H]1CC2(CCC2)Oc2ncc(CC(C)(C)C)cc21. The molecular weight excluding hydrogens is 409 g/mol. The van der Waals surface area contributed by atoms with Gasteiger partial charge in [0.15, 0.2) is 6.17 Å². The summed E-state index contributed by atoms with van der Waals surface area (Å²) in [6.45, 7) is 11.7. The maximum absolute atomic E-state index is 13.3. The molecule has 0 aromatic carbocycles. The minimum Gasteiger partial charge on any atom is -0.471 e. The summed E-state index contributed by atoms with van der Waals surface area (Å²) >= 11 is 0. The largest absolute Gasteiger partial charge is 0.471 e. The molecule has 1 saturated carbocycles. The molecule has 0 saturated heterocycles. The van der Waals surface area contributed by atoms with Crippen LogP contribution in [0.4, 0.5) is 4.39 Å². The van der Waals surface area contributed by atoms with Crippen LogP contribution in [0.2, 0.25) is 0 Å². The molecule has 0 radical (unpaired) electrons. The number of halogens is 1. The standard InChI is InChI=1S/C25H38FN3O3/c1-6-8-19(29-22(31)16(2)26)21(30)15-27-20-13-25(9-7-10-25)32-23-18(20)11-17(14-28-23)12-24(3,4)5/h6,11,14,16,19-21,27,30H,1,7-10,12-13,15H2,2-5H3,(H,29,31)/t16-,19+,20+,21-/m1/s1. The molecule has 3 N–H and O–H groups in total. The first-order chi connectivity index (χ1) is 15.0. The Bertz CT molecular complexity index is 817. The maximum atomic E-state index is 13.3. The molecule has 1 spiro atoms. The van der Waals surface area contributed by atoms with Crippen LogP contribution in [-0.4, -0.2) is 46.5 Å². The van der Waals surface area contributed by atoms with E-state index >= 15 is 0 Å². The zero-order chi connectivity index (χ0) is 23.5. The first kappa shape index (κ1) is 24.6. The number of hydrogen-bond acceptors (Lipinski definition) is 5. The van der Waals surface area contributed by atoms with Gasteiger partial charge in [0.25, 0.3) is 5.91 Å². The Hall–Kier alpha value is -1.99. The lowest BCUT2D eigenvalue weighted by atomic mass is 9.73. The summed E-state index contributed by atoms with van der Waals surface area (Å²) in [4.78, 5) is 16.5. The Labute approximate surface area is 191 Å². The molecular formula is C25H38FN3O3. The van der Waals surface area contributed by atoms with Gasteiger partial charge in [-0.15, -0.1) is 6.58 Å². The molecule has 0 bridgehead atoms. The summed E-state index contributed by atoms with van der Waals surface area (Å²) in [6.07, 6.45) is 6.23. The number of aliphatic hydroxyl groups is 1. The third-order valence-corrected chi connectivity index (χ3v) is 6.35. The number of pyridine rings is 1. The lowest BCUT2D eigenvalue weighted by Gasteiger charge is -2.47. The molecule has 0 unspecified atom stereocenters. The molecule has 7 heteroatoms. The summed E-state index contributed by atoms with van der Waals surface area (Å²) < 4.78 is 19.6. The van der Waals surface area contributed by atoms with Crippen LogP contribution in [0.1, 0.15) is 77.0 Å². The van der Waals surface area contributed by atoms with Gasteiger partial charge in [0.05, 0.1) is 12.1 Å². The van der Waals surface area contributed by atoms with Gasteiger partial charge in [-0.3, -0.25) is 4.79 Å². The average Bonchev–Trinajstić information content (AvgIpc) is 2.68. The number of aliphatic hydroxyl groups excluding tert-OH is 1. The van der Waals surface area contributed by atoms with E-state index in [1.165, 1.54) is 6.92 Å². The second-order valence-electron chi connectivity index (χ2n) is 10.6.